The molecule has 276 valence electrons. The fourth-order valence-electron chi connectivity index (χ4n) is 10.6. The highest BCUT2D eigenvalue weighted by atomic mass is 16.6. The van der Waals surface area contributed by atoms with E-state index in [1.165, 1.54) is 0 Å². The third-order valence-electron chi connectivity index (χ3n) is 14.0. The van der Waals surface area contributed by atoms with Crippen molar-refractivity contribution in [3.63, 3.8) is 0 Å². The summed E-state index contributed by atoms with van der Waals surface area (Å²) in [5, 5.41) is 42.4. The number of esters is 2. The lowest BCUT2D eigenvalue weighted by molar-refractivity contribution is -0.144. The standard InChI is InChI=1S/2C20H28O5/c2*1-11(2)13-6-15(22)14-7-20(24,12(3)10-21)19(5)9-17(23)25-16(19)8-18(13,14)4/h2*7,11,13,16,21,24H,3,6,8-10H2,1-2,4-5H3/t2*13-,16+,18-,19+,20+/m00/s1. The van der Waals surface area contributed by atoms with Crippen LogP contribution in [0.2, 0.25) is 0 Å². The summed E-state index contributed by atoms with van der Waals surface area (Å²) in [6, 6.07) is 0. The molecule has 0 bridgehead atoms. The van der Waals surface area contributed by atoms with E-state index in [1.807, 2.05) is 13.8 Å². The van der Waals surface area contributed by atoms with E-state index in [2.05, 4.69) is 40.9 Å². The number of ketones is 2. The van der Waals surface area contributed by atoms with E-state index in [9.17, 15) is 39.6 Å². The Kier molecular flexibility index (Phi) is 9.46. The van der Waals surface area contributed by atoms with Crippen molar-refractivity contribution in [3.8, 4) is 0 Å². The Bertz CT molecular complexity index is 1470. The minimum atomic E-state index is -1.66. The van der Waals surface area contributed by atoms with Gasteiger partial charge in [0.15, 0.2) is 11.6 Å². The number of hydrogen-bond donors (Lipinski definition) is 4. The van der Waals surface area contributed by atoms with Crippen molar-refractivity contribution in [2.24, 2.45) is 45.3 Å². The number of fused-ring (bicyclic) bond motifs is 4. The van der Waals surface area contributed by atoms with Gasteiger partial charge in [-0.15, -0.1) is 0 Å². The zero-order valence-corrected chi connectivity index (χ0v) is 30.9. The number of carbonyl (C=O) groups excluding carboxylic acids is 4. The lowest BCUT2D eigenvalue weighted by Gasteiger charge is -2.43. The van der Waals surface area contributed by atoms with Crippen LogP contribution in [0.4, 0.5) is 0 Å². The lowest BCUT2D eigenvalue weighted by Crippen LogP contribution is -2.51. The maximum atomic E-state index is 12.8. The molecule has 2 aliphatic heterocycles. The van der Waals surface area contributed by atoms with Gasteiger partial charge in [-0.1, -0.05) is 68.5 Å². The highest BCUT2D eigenvalue weighted by Crippen LogP contribution is 2.63. The third-order valence-corrected chi connectivity index (χ3v) is 14.0. The highest BCUT2D eigenvalue weighted by Gasteiger charge is 2.66. The van der Waals surface area contributed by atoms with Crippen molar-refractivity contribution >= 4 is 23.5 Å². The van der Waals surface area contributed by atoms with Crippen molar-refractivity contribution in [1.82, 2.24) is 0 Å². The second-order valence-electron chi connectivity index (χ2n) is 17.5. The fraction of sp³-hybridized carbons (Fsp3) is 0.700. The summed E-state index contributed by atoms with van der Waals surface area (Å²) in [7, 11) is 0. The van der Waals surface area contributed by atoms with Crippen molar-refractivity contribution < 1.29 is 49.1 Å². The van der Waals surface area contributed by atoms with Gasteiger partial charge in [0.1, 0.15) is 23.4 Å². The van der Waals surface area contributed by atoms with Crippen LogP contribution in [0.1, 0.15) is 93.9 Å². The zero-order chi connectivity index (χ0) is 37.6. The lowest BCUT2D eigenvalue weighted by atomic mass is 9.64. The van der Waals surface area contributed by atoms with E-state index in [4.69, 9.17) is 9.47 Å². The first-order chi connectivity index (χ1) is 23.0. The summed E-state index contributed by atoms with van der Waals surface area (Å²) in [5.74, 6) is 0.163. The Morgan fingerprint density at radius 3 is 1.30 bits per heavy atom. The van der Waals surface area contributed by atoms with E-state index in [-0.39, 0.29) is 71.2 Å². The van der Waals surface area contributed by atoms with Gasteiger partial charge in [0.05, 0.1) is 36.9 Å². The third kappa shape index (κ3) is 5.26. The van der Waals surface area contributed by atoms with Gasteiger partial charge in [0.2, 0.25) is 0 Å². The summed E-state index contributed by atoms with van der Waals surface area (Å²) in [4.78, 5) is 49.8. The Hall–Kier alpha value is -2.92. The molecule has 4 fully saturated rings. The quantitative estimate of drug-likeness (QED) is 0.232. The Morgan fingerprint density at radius 2 is 1.02 bits per heavy atom. The molecule has 10 nitrogen and oxygen atoms in total. The van der Waals surface area contributed by atoms with Crippen LogP contribution in [0.25, 0.3) is 0 Å². The van der Waals surface area contributed by atoms with Gasteiger partial charge in [0, 0.05) is 34.8 Å². The molecular formula is C40H56O10. The van der Waals surface area contributed by atoms with Crippen LogP contribution in [0.5, 0.6) is 0 Å². The van der Waals surface area contributed by atoms with Crippen LogP contribution < -0.4 is 0 Å². The average Bonchev–Trinajstić information content (AvgIpc) is 3.63. The topological polar surface area (TPSA) is 168 Å². The zero-order valence-electron chi connectivity index (χ0n) is 30.9. The van der Waals surface area contributed by atoms with Gasteiger partial charge in [-0.05, 0) is 59.8 Å². The highest BCUT2D eigenvalue weighted by molar-refractivity contribution is 6.01. The van der Waals surface area contributed by atoms with Crippen molar-refractivity contribution in [3.05, 3.63) is 47.6 Å². The number of ether oxygens (including phenoxy) is 2. The van der Waals surface area contributed by atoms with Crippen molar-refractivity contribution in [1.29, 1.82) is 0 Å². The van der Waals surface area contributed by atoms with Crippen LogP contribution in [0.15, 0.2) is 47.6 Å². The second-order valence-corrected chi connectivity index (χ2v) is 17.5. The number of aliphatic hydroxyl groups is 4. The predicted octanol–water partition coefficient (Wildman–Crippen LogP) is 4.34. The van der Waals surface area contributed by atoms with Crippen LogP contribution >= 0.6 is 0 Å². The predicted molar refractivity (Wildman–Crippen MR) is 185 cm³/mol. The number of rotatable bonds is 6. The molecule has 2 saturated heterocycles. The first-order valence-corrected chi connectivity index (χ1v) is 17.9. The van der Waals surface area contributed by atoms with E-state index in [1.54, 1.807) is 26.0 Å². The molecule has 0 amide bonds. The van der Waals surface area contributed by atoms with Gasteiger partial charge in [-0.2, -0.15) is 0 Å². The Morgan fingerprint density at radius 1 is 0.700 bits per heavy atom. The molecular weight excluding hydrogens is 640 g/mol. The van der Waals surface area contributed by atoms with E-state index >= 15 is 0 Å². The number of carbonyl (C=O) groups is 4. The summed E-state index contributed by atoms with van der Waals surface area (Å²) in [5.41, 5.74) is -4.60. The van der Waals surface area contributed by atoms with Gasteiger partial charge in [-0.3, -0.25) is 19.2 Å². The smallest absolute Gasteiger partial charge is 0.306 e. The van der Waals surface area contributed by atoms with E-state index in [0.717, 1.165) is 0 Å². The second kappa shape index (κ2) is 12.3. The molecule has 0 aromatic heterocycles. The van der Waals surface area contributed by atoms with Crippen molar-refractivity contribution in [2.45, 2.75) is 117 Å². The molecule has 6 aliphatic rings. The molecule has 50 heavy (non-hydrogen) atoms. The fourth-order valence-corrected chi connectivity index (χ4v) is 10.6. The number of allylic oxidation sites excluding steroid dienone is 2. The summed E-state index contributed by atoms with van der Waals surface area (Å²) >= 11 is 0. The molecule has 4 aliphatic carbocycles. The molecule has 2 heterocycles. The minimum absolute atomic E-state index is 0.0280. The first-order valence-electron chi connectivity index (χ1n) is 17.9. The maximum absolute atomic E-state index is 12.8. The summed E-state index contributed by atoms with van der Waals surface area (Å²) < 4.78 is 11.2. The molecule has 4 N–H and O–H groups in total. The molecule has 0 spiro atoms. The van der Waals surface area contributed by atoms with Gasteiger partial charge < -0.3 is 29.9 Å². The largest absolute Gasteiger partial charge is 0.462 e. The maximum Gasteiger partial charge on any atom is 0.306 e. The molecule has 0 aromatic carbocycles. The summed E-state index contributed by atoms with van der Waals surface area (Å²) in [6.45, 7) is 22.9. The molecule has 2 saturated carbocycles. The number of Topliss-reactive ketones (excluding diaryl/α,β-unsaturated/α-hetero) is 2. The van der Waals surface area contributed by atoms with Gasteiger partial charge >= 0.3 is 11.9 Å². The molecule has 0 aromatic rings. The molecule has 0 unspecified atom stereocenters. The minimum Gasteiger partial charge on any atom is -0.462 e. The monoisotopic (exact) mass is 696 g/mol. The van der Waals surface area contributed by atoms with Crippen LogP contribution in [0.3, 0.4) is 0 Å². The first kappa shape index (κ1) is 38.3. The molecule has 10 atom stereocenters. The molecule has 6 rings (SSSR count). The molecule has 10 heteroatoms. The van der Waals surface area contributed by atoms with Gasteiger partial charge in [-0.25, -0.2) is 0 Å². The Balaban J connectivity index is 0.000000194. The van der Waals surface area contributed by atoms with E-state index in [0.29, 0.717) is 36.8 Å². The SMILES string of the molecule is C=C(CO)[C@]1(O)C=C2C(=O)C[C@@H](C(C)C)[C@]2(C)C[C@H]2OC(=O)C[C@]21C.C=C(CO)[C@]1(O)C=C2C(=O)C[C@@H](C(C)C)[C@]2(C)C[C@H]2OC(=O)C[C@]21C. The van der Waals surface area contributed by atoms with Gasteiger partial charge in [0.25, 0.3) is 0 Å². The normalized spacial score (nSPS) is 43.4. The van der Waals surface area contributed by atoms with Crippen LogP contribution in [-0.4, -0.2) is 80.6 Å². The van der Waals surface area contributed by atoms with Crippen LogP contribution in [-0.2, 0) is 28.7 Å². The van der Waals surface area contributed by atoms with Crippen molar-refractivity contribution in [2.75, 3.05) is 13.2 Å². The average molecular weight is 697 g/mol. The van der Waals surface area contributed by atoms with E-state index < -0.39 is 58.3 Å². The summed E-state index contributed by atoms with van der Waals surface area (Å²) in [6.07, 6.45) is 4.03. The number of aliphatic hydroxyl groups excluding tert-OH is 2. The molecule has 0 radical (unpaired) electrons. The number of hydrogen-bond acceptors (Lipinski definition) is 10. The Labute approximate surface area is 295 Å². The van der Waals surface area contributed by atoms with Crippen LogP contribution in [0, 0.1) is 45.3 Å².